The fourth-order valence-electron chi connectivity index (χ4n) is 3.41. The summed E-state index contributed by atoms with van der Waals surface area (Å²) in [6.45, 7) is 5.91. The SMILES string of the molecule is CCCN(Cc1c(-c2ccccc2)nn(C)c1Oc1ccc(F)cc1)CC(C)O. The normalized spacial score (nSPS) is 12.3. The topological polar surface area (TPSA) is 50.5 Å². The third kappa shape index (κ3) is 5.43. The first kappa shape index (κ1) is 21.0. The van der Waals surface area contributed by atoms with Crippen molar-refractivity contribution in [2.45, 2.75) is 32.9 Å². The molecule has 3 aromatic rings. The minimum absolute atomic E-state index is 0.307. The van der Waals surface area contributed by atoms with E-state index >= 15 is 0 Å². The molecule has 1 unspecified atom stereocenters. The van der Waals surface area contributed by atoms with E-state index in [1.807, 2.05) is 37.4 Å². The van der Waals surface area contributed by atoms with Crippen LogP contribution in [0, 0.1) is 5.82 Å². The van der Waals surface area contributed by atoms with Crippen LogP contribution in [0.4, 0.5) is 4.39 Å². The summed E-state index contributed by atoms with van der Waals surface area (Å²) in [6, 6.07) is 15.9. The van der Waals surface area contributed by atoms with Gasteiger partial charge in [-0.25, -0.2) is 9.07 Å². The van der Waals surface area contributed by atoms with Crippen LogP contribution < -0.4 is 4.74 Å². The van der Waals surface area contributed by atoms with Crippen LogP contribution in [0.15, 0.2) is 54.6 Å². The number of benzene rings is 2. The average molecular weight is 397 g/mol. The van der Waals surface area contributed by atoms with Gasteiger partial charge in [-0.15, -0.1) is 0 Å². The van der Waals surface area contributed by atoms with Gasteiger partial charge in [-0.2, -0.15) is 5.10 Å². The summed E-state index contributed by atoms with van der Waals surface area (Å²) < 4.78 is 21.1. The van der Waals surface area contributed by atoms with Crippen molar-refractivity contribution in [2.24, 2.45) is 7.05 Å². The first-order chi connectivity index (χ1) is 14.0. The Labute approximate surface area is 171 Å². The van der Waals surface area contributed by atoms with E-state index in [2.05, 4.69) is 11.8 Å². The number of rotatable bonds is 9. The number of ether oxygens (including phenoxy) is 1. The molecule has 1 heterocycles. The van der Waals surface area contributed by atoms with E-state index in [1.165, 1.54) is 12.1 Å². The van der Waals surface area contributed by atoms with E-state index in [4.69, 9.17) is 9.84 Å². The highest BCUT2D eigenvalue weighted by Gasteiger charge is 2.22. The van der Waals surface area contributed by atoms with Crippen LogP contribution in [-0.4, -0.2) is 39.0 Å². The molecule has 2 aromatic carbocycles. The molecule has 6 heteroatoms. The van der Waals surface area contributed by atoms with Gasteiger partial charge in [0.1, 0.15) is 17.3 Å². The molecular weight excluding hydrogens is 369 g/mol. The van der Waals surface area contributed by atoms with Crippen molar-refractivity contribution < 1.29 is 14.2 Å². The summed E-state index contributed by atoms with van der Waals surface area (Å²) in [5, 5.41) is 14.6. The summed E-state index contributed by atoms with van der Waals surface area (Å²) in [5.41, 5.74) is 2.79. The predicted molar refractivity (Wildman–Crippen MR) is 112 cm³/mol. The Morgan fingerprint density at radius 3 is 2.45 bits per heavy atom. The first-order valence-electron chi connectivity index (χ1n) is 9.93. The quantitative estimate of drug-likeness (QED) is 0.573. The lowest BCUT2D eigenvalue weighted by Crippen LogP contribution is -2.31. The molecule has 0 aliphatic carbocycles. The fraction of sp³-hybridized carbons (Fsp3) is 0.348. The second-order valence-corrected chi connectivity index (χ2v) is 7.26. The minimum atomic E-state index is -0.431. The number of aliphatic hydroxyl groups is 1. The number of nitrogens with zero attached hydrogens (tertiary/aromatic N) is 3. The van der Waals surface area contributed by atoms with Gasteiger partial charge in [0.05, 0.1) is 11.7 Å². The molecule has 0 bridgehead atoms. The lowest BCUT2D eigenvalue weighted by atomic mass is 10.1. The summed E-state index contributed by atoms with van der Waals surface area (Å²) >= 11 is 0. The van der Waals surface area contributed by atoms with Gasteiger partial charge in [0.15, 0.2) is 0 Å². The number of aromatic nitrogens is 2. The molecule has 0 radical (unpaired) electrons. The Hall–Kier alpha value is -2.70. The van der Waals surface area contributed by atoms with E-state index in [0.717, 1.165) is 29.8 Å². The Kier molecular flexibility index (Phi) is 7.01. The molecule has 1 N–H and O–H groups in total. The van der Waals surface area contributed by atoms with Crippen molar-refractivity contribution >= 4 is 0 Å². The van der Waals surface area contributed by atoms with E-state index in [1.54, 1.807) is 23.7 Å². The third-order valence-corrected chi connectivity index (χ3v) is 4.61. The van der Waals surface area contributed by atoms with Crippen molar-refractivity contribution in [3.63, 3.8) is 0 Å². The maximum absolute atomic E-state index is 13.3. The van der Waals surface area contributed by atoms with Gasteiger partial charge >= 0.3 is 0 Å². The lowest BCUT2D eigenvalue weighted by Gasteiger charge is -2.23. The molecule has 1 atom stereocenters. The van der Waals surface area contributed by atoms with Gasteiger partial charge in [0, 0.05) is 25.7 Å². The predicted octanol–water partition coefficient (Wildman–Crippen LogP) is 4.61. The molecule has 0 spiro atoms. The summed E-state index contributed by atoms with van der Waals surface area (Å²) in [6.07, 6.45) is 0.543. The van der Waals surface area contributed by atoms with Gasteiger partial charge in [0.25, 0.3) is 0 Å². The molecule has 0 aliphatic rings. The molecule has 3 rings (SSSR count). The summed E-state index contributed by atoms with van der Waals surface area (Å²) in [4.78, 5) is 2.20. The molecule has 1 aromatic heterocycles. The van der Waals surface area contributed by atoms with Crippen LogP contribution in [0.25, 0.3) is 11.3 Å². The van der Waals surface area contributed by atoms with Crippen LogP contribution in [-0.2, 0) is 13.6 Å². The molecular formula is C23H28FN3O2. The van der Waals surface area contributed by atoms with Gasteiger partial charge in [0.2, 0.25) is 5.88 Å². The van der Waals surface area contributed by atoms with E-state index in [9.17, 15) is 9.50 Å². The Morgan fingerprint density at radius 2 is 1.83 bits per heavy atom. The highest BCUT2D eigenvalue weighted by atomic mass is 19.1. The molecule has 5 nitrogen and oxygen atoms in total. The Balaban J connectivity index is 2.02. The highest BCUT2D eigenvalue weighted by molar-refractivity contribution is 5.65. The van der Waals surface area contributed by atoms with Crippen molar-refractivity contribution in [1.82, 2.24) is 14.7 Å². The molecule has 0 fully saturated rings. The maximum atomic E-state index is 13.3. The van der Waals surface area contributed by atoms with Gasteiger partial charge in [-0.1, -0.05) is 37.3 Å². The number of halogens is 1. The van der Waals surface area contributed by atoms with E-state index < -0.39 is 6.10 Å². The Morgan fingerprint density at radius 1 is 1.14 bits per heavy atom. The second kappa shape index (κ2) is 9.67. The maximum Gasteiger partial charge on any atom is 0.222 e. The number of aryl methyl sites for hydroxylation is 1. The minimum Gasteiger partial charge on any atom is -0.439 e. The van der Waals surface area contributed by atoms with Crippen LogP contribution in [0.2, 0.25) is 0 Å². The van der Waals surface area contributed by atoms with Crippen LogP contribution in [0.5, 0.6) is 11.6 Å². The molecule has 0 amide bonds. The van der Waals surface area contributed by atoms with Crippen molar-refractivity contribution in [3.05, 3.63) is 66.0 Å². The lowest BCUT2D eigenvalue weighted by molar-refractivity contribution is 0.122. The van der Waals surface area contributed by atoms with Crippen LogP contribution >= 0.6 is 0 Å². The van der Waals surface area contributed by atoms with Crippen molar-refractivity contribution in [3.8, 4) is 22.9 Å². The van der Waals surface area contributed by atoms with Crippen LogP contribution in [0.1, 0.15) is 25.8 Å². The third-order valence-electron chi connectivity index (χ3n) is 4.61. The largest absolute Gasteiger partial charge is 0.439 e. The average Bonchev–Trinajstić information content (AvgIpc) is 2.99. The number of hydrogen-bond donors (Lipinski definition) is 1. The molecule has 0 saturated carbocycles. The second-order valence-electron chi connectivity index (χ2n) is 7.26. The van der Waals surface area contributed by atoms with Gasteiger partial charge < -0.3 is 9.84 Å². The zero-order valence-corrected chi connectivity index (χ0v) is 17.2. The van der Waals surface area contributed by atoms with Gasteiger partial charge in [-0.05, 0) is 44.2 Å². The zero-order valence-electron chi connectivity index (χ0n) is 17.2. The molecule has 154 valence electrons. The number of hydrogen-bond acceptors (Lipinski definition) is 4. The number of aliphatic hydroxyl groups excluding tert-OH is 1. The summed E-state index contributed by atoms with van der Waals surface area (Å²) in [5.74, 6) is 0.855. The summed E-state index contributed by atoms with van der Waals surface area (Å²) in [7, 11) is 1.84. The van der Waals surface area contributed by atoms with Crippen LogP contribution in [0.3, 0.4) is 0 Å². The molecule has 29 heavy (non-hydrogen) atoms. The monoisotopic (exact) mass is 397 g/mol. The van der Waals surface area contributed by atoms with Crippen molar-refractivity contribution in [2.75, 3.05) is 13.1 Å². The zero-order chi connectivity index (χ0) is 20.8. The molecule has 0 aliphatic heterocycles. The molecule has 0 saturated heterocycles. The standard InChI is InChI=1S/C23H28FN3O2/c1-4-14-27(15-17(2)28)16-21-22(18-8-6-5-7-9-18)25-26(3)23(21)29-20-12-10-19(24)11-13-20/h5-13,17,28H,4,14-16H2,1-3H3. The highest BCUT2D eigenvalue weighted by Crippen LogP contribution is 2.34. The van der Waals surface area contributed by atoms with E-state index in [0.29, 0.717) is 24.7 Å². The van der Waals surface area contributed by atoms with E-state index in [-0.39, 0.29) is 5.82 Å². The fourth-order valence-corrected chi connectivity index (χ4v) is 3.41. The van der Waals surface area contributed by atoms with Gasteiger partial charge in [-0.3, -0.25) is 4.90 Å². The smallest absolute Gasteiger partial charge is 0.222 e. The van der Waals surface area contributed by atoms with Crippen molar-refractivity contribution in [1.29, 1.82) is 0 Å². The Bertz CT molecular complexity index is 908. The first-order valence-corrected chi connectivity index (χ1v) is 9.93.